The van der Waals surface area contributed by atoms with Crippen LogP contribution in [0.25, 0.3) is 0 Å². The van der Waals surface area contributed by atoms with Crippen molar-refractivity contribution in [2.45, 2.75) is 90.6 Å². The summed E-state index contributed by atoms with van der Waals surface area (Å²) < 4.78 is 4.77. The molecular weight excluding hydrogens is 356 g/mol. The number of hydrogen-bond donors (Lipinski definition) is 1. The predicted octanol–water partition coefficient (Wildman–Crippen LogP) is 6.11. The van der Waals surface area contributed by atoms with E-state index in [9.17, 15) is 9.90 Å². The maximum Gasteiger partial charge on any atom is 0.341 e. The largest absolute Gasteiger partial charge is 0.507 e. The van der Waals surface area contributed by atoms with Gasteiger partial charge in [-0.1, -0.05) is 71.1 Å². The van der Waals surface area contributed by atoms with Crippen LogP contribution in [-0.2, 0) is 27.5 Å². The van der Waals surface area contributed by atoms with Crippen LogP contribution in [0.1, 0.15) is 99.0 Å². The van der Waals surface area contributed by atoms with Gasteiger partial charge >= 0.3 is 5.97 Å². The van der Waals surface area contributed by atoms with Crippen LogP contribution in [0, 0.1) is 0 Å². The maximum absolute atomic E-state index is 11.9. The zero-order valence-corrected chi connectivity index (χ0v) is 17.9. The number of carbonyl (C=O) groups excluding carboxylic acids is 1. The van der Waals surface area contributed by atoms with E-state index in [-0.39, 0.29) is 17.9 Å². The van der Waals surface area contributed by atoms with Crippen molar-refractivity contribution in [1.82, 2.24) is 0 Å². The van der Waals surface area contributed by atoms with Gasteiger partial charge in [0.05, 0.1) is 14.2 Å². The Balaban J connectivity index is 2.37. The topological polar surface area (TPSA) is 65.0 Å². The fourth-order valence-corrected chi connectivity index (χ4v) is 3.40. The monoisotopic (exact) mass is 394 g/mol. The van der Waals surface area contributed by atoms with Gasteiger partial charge in [-0.3, -0.25) is 0 Å². The van der Waals surface area contributed by atoms with E-state index in [1.165, 1.54) is 78.4 Å². The molecule has 0 aliphatic carbocycles. The van der Waals surface area contributed by atoms with Gasteiger partial charge in [0.15, 0.2) is 0 Å². The number of rotatable bonds is 16. The molecule has 0 heterocycles. The number of ether oxygens (including phenoxy) is 1. The Morgan fingerprint density at radius 3 is 2.00 bits per heavy atom. The number of carbonyl (C=O) groups is 1. The Hall–Kier alpha value is -1.59. The molecule has 0 fully saturated rings. The number of phenols is 1. The van der Waals surface area contributed by atoms with Crippen LogP contribution < -0.4 is 0 Å². The quantitative estimate of drug-likeness (QED) is 0.159. The first-order chi connectivity index (χ1) is 13.6. The smallest absolute Gasteiger partial charge is 0.341 e. The Morgan fingerprint density at radius 2 is 1.46 bits per heavy atom. The highest BCUT2D eigenvalue weighted by Crippen LogP contribution is 2.27. The second-order valence-electron chi connectivity index (χ2n) is 7.36. The van der Waals surface area contributed by atoms with E-state index < -0.39 is 5.97 Å². The van der Waals surface area contributed by atoms with Crippen molar-refractivity contribution in [2.75, 3.05) is 14.2 Å². The van der Waals surface area contributed by atoms with Crippen LogP contribution in [0.15, 0.2) is 12.1 Å². The number of aromatic hydroxyl groups is 1. The van der Waals surface area contributed by atoms with Gasteiger partial charge in [-0.15, -0.1) is 0 Å². The van der Waals surface area contributed by atoms with E-state index in [0.717, 1.165) is 18.4 Å². The number of esters is 1. The molecule has 1 aromatic carbocycles. The first-order valence-electron chi connectivity index (χ1n) is 10.7. The second kappa shape index (κ2) is 15.3. The van der Waals surface area contributed by atoms with E-state index in [1.54, 1.807) is 6.07 Å². The molecule has 0 aliphatic rings. The van der Waals surface area contributed by atoms with Gasteiger partial charge in [-0.2, -0.15) is 0 Å². The van der Waals surface area contributed by atoms with Crippen molar-refractivity contribution in [3.8, 4) is 5.75 Å². The van der Waals surface area contributed by atoms with Gasteiger partial charge in [0.1, 0.15) is 17.9 Å². The molecule has 5 heteroatoms. The molecule has 28 heavy (non-hydrogen) atoms. The fraction of sp³-hybridized carbons (Fsp3) is 0.696. The third-order valence-corrected chi connectivity index (χ3v) is 5.06. The summed E-state index contributed by atoms with van der Waals surface area (Å²) in [6.07, 6.45) is 15.1. The second-order valence-corrected chi connectivity index (χ2v) is 7.36. The van der Waals surface area contributed by atoms with Gasteiger partial charge in [0.25, 0.3) is 0 Å². The molecule has 1 N–H and O–H groups in total. The Labute approximate surface area is 170 Å². The van der Waals surface area contributed by atoms with E-state index in [1.807, 2.05) is 6.07 Å². The third kappa shape index (κ3) is 9.56. The number of benzene rings is 1. The van der Waals surface area contributed by atoms with Crippen LogP contribution in [0.4, 0.5) is 0 Å². The van der Waals surface area contributed by atoms with Crippen LogP contribution in [0.3, 0.4) is 0 Å². The molecule has 0 saturated carbocycles. The molecule has 0 spiro atoms. The zero-order chi connectivity index (χ0) is 20.6. The molecule has 0 bridgehead atoms. The van der Waals surface area contributed by atoms with Gasteiger partial charge in [-0.25, -0.2) is 14.6 Å². The fourth-order valence-electron chi connectivity index (χ4n) is 3.40. The summed E-state index contributed by atoms with van der Waals surface area (Å²) in [5.41, 5.74) is 1.71. The van der Waals surface area contributed by atoms with Crippen LogP contribution in [0.2, 0.25) is 0 Å². The highest BCUT2D eigenvalue weighted by Gasteiger charge is 2.17. The van der Waals surface area contributed by atoms with Crippen molar-refractivity contribution in [1.29, 1.82) is 0 Å². The molecule has 160 valence electrons. The van der Waals surface area contributed by atoms with Crippen molar-refractivity contribution in [3.05, 3.63) is 28.8 Å². The first kappa shape index (κ1) is 24.4. The number of hydrogen-bond acceptors (Lipinski definition) is 5. The minimum absolute atomic E-state index is 0.0818. The molecule has 0 radical (unpaired) electrons. The van der Waals surface area contributed by atoms with Crippen LogP contribution in [-0.4, -0.2) is 25.3 Å². The van der Waals surface area contributed by atoms with E-state index >= 15 is 0 Å². The van der Waals surface area contributed by atoms with E-state index in [4.69, 9.17) is 9.62 Å². The molecule has 0 aromatic heterocycles. The summed E-state index contributed by atoms with van der Waals surface area (Å²) in [7, 11) is 2.72. The summed E-state index contributed by atoms with van der Waals surface area (Å²) in [5, 5.41) is 10.3. The normalized spacial score (nSPS) is 11.0. The zero-order valence-electron chi connectivity index (χ0n) is 17.9. The number of unbranched alkanes of at least 4 members (excludes halogenated alkanes) is 10. The average molecular weight is 395 g/mol. The third-order valence-electron chi connectivity index (χ3n) is 5.06. The lowest BCUT2D eigenvalue weighted by atomic mass is 9.99. The molecule has 1 aromatic rings. The first-order valence-corrected chi connectivity index (χ1v) is 10.7. The molecule has 0 amide bonds. The Bertz CT molecular complexity index is 556. The highest BCUT2D eigenvalue weighted by atomic mass is 17.2. The number of phenolic OH excluding ortho intramolecular Hbond substituents is 1. The SMILES string of the molecule is CCCCCCCCCCCCCc1cc(COOC)c(O)c(C(=O)OC)c1. The maximum atomic E-state index is 11.9. The molecule has 1 rings (SSSR count). The summed E-state index contributed by atoms with van der Waals surface area (Å²) in [6, 6.07) is 3.59. The minimum atomic E-state index is -0.544. The lowest BCUT2D eigenvalue weighted by Gasteiger charge is -2.12. The lowest BCUT2D eigenvalue weighted by molar-refractivity contribution is -0.282. The van der Waals surface area contributed by atoms with Crippen molar-refractivity contribution in [3.63, 3.8) is 0 Å². The molecule has 0 aliphatic heterocycles. The average Bonchev–Trinajstić information content (AvgIpc) is 2.71. The molecule has 5 nitrogen and oxygen atoms in total. The van der Waals surface area contributed by atoms with Crippen molar-refractivity contribution >= 4 is 5.97 Å². The lowest BCUT2D eigenvalue weighted by Crippen LogP contribution is -2.05. The number of aryl methyl sites for hydroxylation is 1. The predicted molar refractivity (Wildman–Crippen MR) is 111 cm³/mol. The molecule has 0 unspecified atom stereocenters. The van der Waals surface area contributed by atoms with E-state index in [0.29, 0.717) is 5.56 Å². The summed E-state index contributed by atoms with van der Waals surface area (Å²) >= 11 is 0. The van der Waals surface area contributed by atoms with Gasteiger partial charge < -0.3 is 9.84 Å². The van der Waals surface area contributed by atoms with Crippen LogP contribution >= 0.6 is 0 Å². The van der Waals surface area contributed by atoms with Crippen molar-refractivity contribution in [2.24, 2.45) is 0 Å². The van der Waals surface area contributed by atoms with Gasteiger partial charge in [0.2, 0.25) is 0 Å². The molecular formula is C23H38O5. The minimum Gasteiger partial charge on any atom is -0.507 e. The number of methoxy groups -OCH3 is 1. The van der Waals surface area contributed by atoms with Gasteiger partial charge in [-0.05, 0) is 30.5 Å². The molecule has 0 atom stereocenters. The summed E-state index contributed by atoms with van der Waals surface area (Å²) in [5.74, 6) is -0.649. The Morgan fingerprint density at radius 1 is 0.893 bits per heavy atom. The van der Waals surface area contributed by atoms with E-state index in [2.05, 4.69) is 11.8 Å². The molecule has 0 saturated heterocycles. The summed E-state index contributed by atoms with van der Waals surface area (Å²) in [6.45, 7) is 2.33. The van der Waals surface area contributed by atoms with Crippen molar-refractivity contribution < 1.29 is 24.4 Å². The standard InChI is InChI=1S/C23H38O5/c1-4-5-6-7-8-9-10-11-12-13-14-15-19-16-20(18-28-27-3)22(24)21(17-19)23(25)26-2/h16-17,24H,4-15,18H2,1-3H3. The summed E-state index contributed by atoms with van der Waals surface area (Å²) in [4.78, 5) is 21.5. The van der Waals surface area contributed by atoms with Gasteiger partial charge in [0, 0.05) is 5.56 Å². The highest BCUT2D eigenvalue weighted by molar-refractivity contribution is 5.93. The Kier molecular flexibility index (Phi) is 13.4. The van der Waals surface area contributed by atoms with Crippen LogP contribution in [0.5, 0.6) is 5.75 Å².